The Kier molecular flexibility index (Phi) is 2.43. The summed E-state index contributed by atoms with van der Waals surface area (Å²) in [5.41, 5.74) is -0.426. The minimum Gasteiger partial charge on any atom is -0.479 e. The fourth-order valence-corrected chi connectivity index (χ4v) is 2.10. The Morgan fingerprint density at radius 3 is 2.87 bits per heavy atom. The Hall–Kier alpha value is -1.09. The van der Waals surface area contributed by atoms with Gasteiger partial charge in [-0.1, -0.05) is 17.7 Å². The van der Waals surface area contributed by atoms with E-state index < -0.39 is 11.6 Å². The van der Waals surface area contributed by atoms with Gasteiger partial charge in [-0.3, -0.25) is 0 Å². The molecule has 0 fully saturated rings. The maximum absolute atomic E-state index is 13.9. The van der Waals surface area contributed by atoms with Crippen LogP contribution in [0, 0.1) is 0 Å². The van der Waals surface area contributed by atoms with Crippen LogP contribution in [0.5, 0.6) is 0 Å². The number of halogens is 2. The second kappa shape index (κ2) is 3.49. The quantitative estimate of drug-likeness (QED) is 0.802. The zero-order valence-electron chi connectivity index (χ0n) is 7.96. The van der Waals surface area contributed by atoms with Gasteiger partial charge in [0.15, 0.2) is 0 Å². The third-order valence-corrected chi connectivity index (χ3v) is 3.05. The third-order valence-electron chi connectivity index (χ3n) is 2.81. The number of hydrogen-bond donors (Lipinski definition) is 1. The molecule has 1 atom stereocenters. The normalized spacial score (nSPS) is 24.7. The van der Waals surface area contributed by atoms with E-state index in [0.29, 0.717) is 17.0 Å². The van der Waals surface area contributed by atoms with Gasteiger partial charge in [-0.15, -0.1) is 0 Å². The molecule has 0 saturated heterocycles. The van der Waals surface area contributed by atoms with Gasteiger partial charge in [-0.25, -0.2) is 9.18 Å². The predicted molar refractivity (Wildman–Crippen MR) is 55.0 cm³/mol. The minimum atomic E-state index is -2.13. The number of carbonyl (C=O) groups is 1. The van der Waals surface area contributed by atoms with Crippen LogP contribution < -0.4 is 0 Å². The Labute approximate surface area is 91.7 Å². The van der Waals surface area contributed by atoms with E-state index in [1.165, 1.54) is 0 Å². The summed E-state index contributed by atoms with van der Waals surface area (Å²) in [7, 11) is 0. The molecule has 0 heterocycles. The van der Waals surface area contributed by atoms with Gasteiger partial charge in [0.1, 0.15) is 0 Å². The number of carboxylic acid groups (broad SMARTS) is 1. The molecule has 1 aromatic rings. The lowest BCUT2D eigenvalue weighted by molar-refractivity contribution is -0.151. The van der Waals surface area contributed by atoms with Gasteiger partial charge in [-0.2, -0.15) is 0 Å². The van der Waals surface area contributed by atoms with Crippen LogP contribution in [-0.2, 0) is 17.6 Å². The highest BCUT2D eigenvalue weighted by atomic mass is 35.5. The van der Waals surface area contributed by atoms with Crippen molar-refractivity contribution in [2.45, 2.75) is 24.9 Å². The predicted octanol–water partition coefficient (Wildman–Crippen LogP) is 2.62. The summed E-state index contributed by atoms with van der Waals surface area (Å²) < 4.78 is 13.9. The molecule has 0 spiro atoms. The highest BCUT2D eigenvalue weighted by Gasteiger charge is 2.41. The van der Waals surface area contributed by atoms with Gasteiger partial charge in [0.2, 0.25) is 5.67 Å². The zero-order valence-corrected chi connectivity index (χ0v) is 8.72. The summed E-state index contributed by atoms with van der Waals surface area (Å²) in [5, 5.41) is 9.30. The first kappa shape index (κ1) is 10.4. The van der Waals surface area contributed by atoms with E-state index in [1.54, 1.807) is 12.1 Å². The molecule has 2 nitrogen and oxygen atoms in total. The van der Waals surface area contributed by atoms with E-state index in [0.717, 1.165) is 5.56 Å². The van der Waals surface area contributed by atoms with E-state index in [4.69, 9.17) is 16.7 Å². The van der Waals surface area contributed by atoms with Crippen molar-refractivity contribution in [1.82, 2.24) is 0 Å². The Bertz CT molecular complexity index is 419. The summed E-state index contributed by atoms with van der Waals surface area (Å²) in [6.07, 6.45) is 0.407. The Morgan fingerprint density at radius 1 is 1.47 bits per heavy atom. The molecule has 1 aliphatic rings. The highest BCUT2D eigenvalue weighted by molar-refractivity contribution is 6.30. The van der Waals surface area contributed by atoms with E-state index in [1.807, 2.05) is 6.07 Å². The monoisotopic (exact) mass is 228 g/mol. The van der Waals surface area contributed by atoms with Crippen LogP contribution in [0.4, 0.5) is 4.39 Å². The van der Waals surface area contributed by atoms with E-state index in [2.05, 4.69) is 0 Å². The lowest BCUT2D eigenvalue weighted by atomic mass is 9.82. The Balaban J connectivity index is 2.37. The molecule has 0 saturated carbocycles. The summed E-state index contributed by atoms with van der Waals surface area (Å²) in [4.78, 5) is 10.8. The lowest BCUT2D eigenvalue weighted by Crippen LogP contribution is -2.39. The molecule has 80 valence electrons. The van der Waals surface area contributed by atoms with E-state index in [9.17, 15) is 9.18 Å². The number of fused-ring (bicyclic) bond motifs is 1. The molecule has 2 rings (SSSR count). The molecule has 0 bridgehead atoms. The molecule has 0 radical (unpaired) electrons. The smallest absolute Gasteiger partial charge is 0.341 e. The van der Waals surface area contributed by atoms with Gasteiger partial charge in [0.25, 0.3) is 0 Å². The van der Waals surface area contributed by atoms with Gasteiger partial charge in [-0.05, 0) is 36.1 Å². The van der Waals surface area contributed by atoms with Crippen molar-refractivity contribution >= 4 is 17.6 Å². The molecule has 15 heavy (non-hydrogen) atoms. The molecule has 1 aromatic carbocycles. The van der Waals surface area contributed by atoms with Crippen molar-refractivity contribution in [1.29, 1.82) is 0 Å². The fraction of sp³-hybridized carbons (Fsp3) is 0.364. The Morgan fingerprint density at radius 2 is 2.20 bits per heavy atom. The van der Waals surface area contributed by atoms with Crippen molar-refractivity contribution in [3.8, 4) is 0 Å². The maximum Gasteiger partial charge on any atom is 0.341 e. The van der Waals surface area contributed by atoms with Crippen molar-refractivity contribution in [2.75, 3.05) is 0 Å². The summed E-state index contributed by atoms with van der Waals surface area (Å²) >= 11 is 5.78. The molecular weight excluding hydrogens is 219 g/mol. The zero-order chi connectivity index (χ0) is 11.1. The molecule has 4 heteroatoms. The van der Waals surface area contributed by atoms with E-state index >= 15 is 0 Å². The largest absolute Gasteiger partial charge is 0.479 e. The molecule has 1 N–H and O–H groups in total. The minimum absolute atomic E-state index is 0.0387. The van der Waals surface area contributed by atoms with Crippen LogP contribution in [-0.4, -0.2) is 16.7 Å². The van der Waals surface area contributed by atoms with Crippen LogP contribution >= 0.6 is 11.6 Å². The maximum atomic E-state index is 13.9. The van der Waals surface area contributed by atoms with Crippen LogP contribution in [0.15, 0.2) is 18.2 Å². The van der Waals surface area contributed by atoms with Crippen molar-refractivity contribution in [2.24, 2.45) is 0 Å². The second-order valence-electron chi connectivity index (χ2n) is 3.86. The first-order valence-corrected chi connectivity index (χ1v) is 5.09. The molecular formula is C11H10ClFO2. The van der Waals surface area contributed by atoms with Gasteiger partial charge in [0, 0.05) is 11.4 Å². The van der Waals surface area contributed by atoms with Crippen molar-refractivity contribution < 1.29 is 14.3 Å². The second-order valence-corrected chi connectivity index (χ2v) is 4.30. The third kappa shape index (κ3) is 1.84. The molecule has 0 aromatic heterocycles. The summed E-state index contributed by atoms with van der Waals surface area (Å²) in [5.74, 6) is -1.38. The fourth-order valence-electron chi connectivity index (χ4n) is 1.91. The lowest BCUT2D eigenvalue weighted by Gasteiger charge is -2.27. The topological polar surface area (TPSA) is 37.3 Å². The van der Waals surface area contributed by atoms with Gasteiger partial charge >= 0.3 is 5.97 Å². The molecule has 0 amide bonds. The van der Waals surface area contributed by atoms with Crippen LogP contribution in [0.1, 0.15) is 17.5 Å². The van der Waals surface area contributed by atoms with E-state index in [-0.39, 0.29) is 12.8 Å². The average molecular weight is 229 g/mol. The number of benzene rings is 1. The summed E-state index contributed by atoms with van der Waals surface area (Å²) in [6.45, 7) is 0. The molecule has 0 aliphatic heterocycles. The van der Waals surface area contributed by atoms with Crippen LogP contribution in [0.25, 0.3) is 0 Å². The standard InChI is InChI=1S/C11H10ClFO2/c12-9-2-1-7-3-4-11(13,10(14)15)6-8(7)5-9/h1-2,5H,3-4,6H2,(H,14,15). The average Bonchev–Trinajstić information content (AvgIpc) is 2.16. The van der Waals surface area contributed by atoms with Crippen LogP contribution in [0.3, 0.4) is 0 Å². The number of hydrogen-bond acceptors (Lipinski definition) is 1. The number of rotatable bonds is 1. The number of aliphatic carboxylic acids is 1. The van der Waals surface area contributed by atoms with Crippen LogP contribution in [0.2, 0.25) is 5.02 Å². The molecule has 1 aliphatic carbocycles. The number of carboxylic acids is 1. The first-order chi connectivity index (χ1) is 7.01. The number of aryl methyl sites for hydroxylation is 1. The SMILES string of the molecule is O=C(O)C1(F)CCc2ccc(Cl)cc2C1. The first-order valence-electron chi connectivity index (χ1n) is 4.71. The van der Waals surface area contributed by atoms with Crippen molar-refractivity contribution in [3.63, 3.8) is 0 Å². The highest BCUT2D eigenvalue weighted by Crippen LogP contribution is 2.33. The number of alkyl halides is 1. The van der Waals surface area contributed by atoms with Gasteiger partial charge in [0.05, 0.1) is 0 Å². The molecule has 1 unspecified atom stereocenters. The van der Waals surface area contributed by atoms with Gasteiger partial charge < -0.3 is 5.11 Å². The van der Waals surface area contributed by atoms with Crippen molar-refractivity contribution in [3.05, 3.63) is 34.3 Å². The summed E-state index contributed by atoms with van der Waals surface area (Å²) in [6, 6.07) is 5.22.